The Hall–Kier alpha value is -8.34. The van der Waals surface area contributed by atoms with Crippen LogP contribution >= 0.6 is 0 Å². The third-order valence-electron chi connectivity index (χ3n) is 13.9. The highest BCUT2D eigenvalue weighted by molar-refractivity contribution is 7.02. The fourth-order valence-corrected chi connectivity index (χ4v) is 11.3. The number of nitrogens with zero attached hydrogens (tertiary/aromatic N) is 3. The molecule has 11 aromatic rings. The average molecular weight is 812 g/mol. The Morgan fingerprint density at radius 2 is 0.562 bits per heavy atom. The lowest BCUT2D eigenvalue weighted by atomic mass is 9.31. The highest BCUT2D eigenvalue weighted by Gasteiger charge is 2.49. The summed E-state index contributed by atoms with van der Waals surface area (Å²) < 4.78 is 0. The summed E-state index contributed by atoms with van der Waals surface area (Å²) in [5, 5.41) is 7.72. The molecule has 296 valence electrons. The number of fused-ring (bicyclic) bond motifs is 6. The molecule has 3 heterocycles. The minimum atomic E-state index is 0.0335. The quantitative estimate of drug-likeness (QED) is 0.127. The Balaban J connectivity index is 1.02. The van der Waals surface area contributed by atoms with Gasteiger partial charge in [-0.05, 0) is 156 Å². The van der Waals surface area contributed by atoms with Gasteiger partial charge in [0, 0.05) is 51.2 Å². The van der Waals surface area contributed by atoms with E-state index in [4.69, 9.17) is 0 Å². The highest BCUT2D eigenvalue weighted by atomic mass is 15.2. The average Bonchev–Trinajstić information content (AvgIpc) is 3.37. The standard InChI is InChI=1S/C60H38BN3/c1-4-19-43(20-5-1)62-52-29-15-31-54-58(52)61-59-53(62)30-16-32-55(59)64(45-23-8-3-9-24-45)57-38-42(37-56(60(57)61)63(54)44-21-6-2-7-22-44)40-18-14-17-39(35-40)41-33-34-50-48-27-11-10-25-46(48)47-26-12-13-28-49(47)51(50)36-41/h1-38H. The van der Waals surface area contributed by atoms with Crippen LogP contribution in [-0.2, 0) is 0 Å². The van der Waals surface area contributed by atoms with Crippen molar-refractivity contribution >= 4 is 107 Å². The molecule has 0 atom stereocenters. The number of anilines is 9. The summed E-state index contributed by atoms with van der Waals surface area (Å²) in [6.45, 7) is 0.0335. The van der Waals surface area contributed by atoms with E-state index in [-0.39, 0.29) is 6.71 Å². The fraction of sp³-hybridized carbons (Fsp3) is 0. The Kier molecular flexibility index (Phi) is 7.49. The van der Waals surface area contributed by atoms with E-state index in [0.29, 0.717) is 0 Å². The zero-order chi connectivity index (χ0) is 41.9. The summed E-state index contributed by atoms with van der Waals surface area (Å²) >= 11 is 0. The van der Waals surface area contributed by atoms with Crippen LogP contribution < -0.4 is 31.1 Å². The first-order valence-electron chi connectivity index (χ1n) is 22.2. The SMILES string of the molecule is c1ccc(N2c3cccc4c3B3c5c2cccc5N(c2ccccc2)c2cc(-c5cccc(-c6ccc7c8ccccc8c8ccccc8c7c6)c5)cc(c23)N4c2ccccc2)cc1. The van der Waals surface area contributed by atoms with Gasteiger partial charge in [-0.25, -0.2) is 0 Å². The number of benzene rings is 11. The maximum Gasteiger partial charge on any atom is 0.257 e. The van der Waals surface area contributed by atoms with E-state index in [0.717, 1.165) is 17.1 Å². The summed E-state index contributed by atoms with van der Waals surface area (Å²) in [7, 11) is 0. The lowest BCUT2D eigenvalue weighted by Gasteiger charge is -2.49. The van der Waals surface area contributed by atoms with Gasteiger partial charge in [-0.3, -0.25) is 0 Å². The van der Waals surface area contributed by atoms with Gasteiger partial charge in [0.2, 0.25) is 0 Å². The fourth-order valence-electron chi connectivity index (χ4n) is 11.3. The van der Waals surface area contributed by atoms with Crippen LogP contribution in [0.25, 0.3) is 54.6 Å². The van der Waals surface area contributed by atoms with Crippen LogP contribution in [-0.4, -0.2) is 6.71 Å². The zero-order valence-corrected chi connectivity index (χ0v) is 34.9. The normalized spacial score (nSPS) is 13.2. The maximum atomic E-state index is 2.52. The molecule has 0 aliphatic carbocycles. The predicted molar refractivity (Wildman–Crippen MR) is 272 cm³/mol. The number of rotatable bonds is 5. The summed E-state index contributed by atoms with van der Waals surface area (Å²) in [5.74, 6) is 0. The highest BCUT2D eigenvalue weighted by Crippen LogP contribution is 2.51. The molecule has 0 radical (unpaired) electrons. The molecule has 3 aliphatic rings. The zero-order valence-electron chi connectivity index (χ0n) is 34.9. The molecule has 0 unspecified atom stereocenters. The third-order valence-corrected chi connectivity index (χ3v) is 13.9. The first-order valence-corrected chi connectivity index (χ1v) is 22.2. The van der Waals surface area contributed by atoms with E-state index in [2.05, 4.69) is 245 Å². The number of hydrogen-bond acceptors (Lipinski definition) is 3. The van der Waals surface area contributed by atoms with Crippen LogP contribution in [0.4, 0.5) is 51.2 Å². The van der Waals surface area contributed by atoms with E-state index in [1.54, 1.807) is 0 Å². The first kappa shape index (κ1) is 35.3. The molecule has 0 aromatic heterocycles. The number of hydrogen-bond donors (Lipinski definition) is 0. The topological polar surface area (TPSA) is 9.72 Å². The smallest absolute Gasteiger partial charge is 0.257 e. The molecule has 3 aliphatic heterocycles. The van der Waals surface area contributed by atoms with Gasteiger partial charge in [-0.15, -0.1) is 0 Å². The summed E-state index contributed by atoms with van der Waals surface area (Å²) in [6.07, 6.45) is 0. The second kappa shape index (κ2) is 13.6. The van der Waals surface area contributed by atoms with Gasteiger partial charge < -0.3 is 14.7 Å². The van der Waals surface area contributed by atoms with Gasteiger partial charge in [0.25, 0.3) is 6.71 Å². The molecule has 64 heavy (non-hydrogen) atoms. The first-order chi connectivity index (χ1) is 31.8. The molecule has 0 saturated heterocycles. The van der Waals surface area contributed by atoms with E-state index in [9.17, 15) is 0 Å². The molecule has 0 fully saturated rings. The maximum absolute atomic E-state index is 2.52. The van der Waals surface area contributed by atoms with Crippen molar-refractivity contribution in [1.29, 1.82) is 0 Å². The number of para-hydroxylation sites is 3. The van der Waals surface area contributed by atoms with E-state index >= 15 is 0 Å². The van der Waals surface area contributed by atoms with Gasteiger partial charge in [0.05, 0.1) is 0 Å². The monoisotopic (exact) mass is 811 g/mol. The van der Waals surface area contributed by atoms with Crippen molar-refractivity contribution < 1.29 is 0 Å². The molecule has 0 spiro atoms. The molecule has 4 heteroatoms. The predicted octanol–water partition coefficient (Wildman–Crippen LogP) is 14.3. The lowest BCUT2D eigenvalue weighted by molar-refractivity contribution is 1.22. The van der Waals surface area contributed by atoms with Gasteiger partial charge in [-0.1, -0.05) is 146 Å². The van der Waals surface area contributed by atoms with Gasteiger partial charge in [0.15, 0.2) is 0 Å². The van der Waals surface area contributed by atoms with Crippen molar-refractivity contribution in [3.05, 3.63) is 231 Å². The van der Waals surface area contributed by atoms with Crippen molar-refractivity contribution in [3.63, 3.8) is 0 Å². The Morgan fingerprint density at radius 3 is 1.03 bits per heavy atom. The molecule has 3 nitrogen and oxygen atoms in total. The van der Waals surface area contributed by atoms with Gasteiger partial charge in [-0.2, -0.15) is 0 Å². The van der Waals surface area contributed by atoms with E-state index < -0.39 is 0 Å². The second-order valence-electron chi connectivity index (χ2n) is 17.2. The molecular formula is C60H38BN3. The molecule has 14 rings (SSSR count). The van der Waals surface area contributed by atoms with Crippen molar-refractivity contribution in [1.82, 2.24) is 0 Å². The largest absolute Gasteiger partial charge is 0.311 e. The summed E-state index contributed by atoms with van der Waals surface area (Å²) in [5.41, 5.74) is 19.5. The second-order valence-corrected chi connectivity index (χ2v) is 17.2. The Morgan fingerprint density at radius 1 is 0.219 bits per heavy atom. The van der Waals surface area contributed by atoms with Gasteiger partial charge >= 0.3 is 0 Å². The summed E-state index contributed by atoms with van der Waals surface area (Å²) in [6, 6.07) is 85.3. The van der Waals surface area contributed by atoms with Crippen molar-refractivity contribution in [3.8, 4) is 22.3 Å². The van der Waals surface area contributed by atoms with Crippen molar-refractivity contribution in [2.24, 2.45) is 0 Å². The summed E-state index contributed by atoms with van der Waals surface area (Å²) in [4.78, 5) is 7.52. The molecule has 11 aromatic carbocycles. The van der Waals surface area contributed by atoms with Gasteiger partial charge in [0.1, 0.15) is 0 Å². The van der Waals surface area contributed by atoms with Crippen LogP contribution in [0.1, 0.15) is 0 Å². The molecule has 0 saturated carbocycles. The van der Waals surface area contributed by atoms with E-state index in [1.165, 1.54) is 105 Å². The van der Waals surface area contributed by atoms with E-state index in [1.807, 2.05) is 0 Å². The molecule has 0 N–H and O–H groups in total. The van der Waals surface area contributed by atoms with Crippen molar-refractivity contribution in [2.75, 3.05) is 14.7 Å². The minimum absolute atomic E-state index is 0.0335. The molecule has 0 amide bonds. The molecular weight excluding hydrogens is 773 g/mol. The van der Waals surface area contributed by atoms with Crippen LogP contribution in [0, 0.1) is 0 Å². The molecule has 0 bridgehead atoms. The van der Waals surface area contributed by atoms with Crippen LogP contribution in [0.2, 0.25) is 0 Å². The Bertz CT molecular complexity index is 3540. The Labute approximate surface area is 372 Å². The van der Waals surface area contributed by atoms with Crippen LogP contribution in [0.5, 0.6) is 0 Å². The minimum Gasteiger partial charge on any atom is -0.311 e. The lowest BCUT2D eigenvalue weighted by Crippen LogP contribution is -2.64. The van der Waals surface area contributed by atoms with Crippen LogP contribution in [0.3, 0.4) is 0 Å². The van der Waals surface area contributed by atoms with Crippen molar-refractivity contribution in [2.45, 2.75) is 0 Å². The third kappa shape index (κ3) is 4.99. The van der Waals surface area contributed by atoms with Crippen LogP contribution in [0.15, 0.2) is 231 Å².